The minimum atomic E-state index is -0.993. The molecule has 0 heterocycles. The Hall–Kier alpha value is -2.04. The van der Waals surface area contributed by atoms with Gasteiger partial charge in [-0.15, -0.1) is 0 Å². The van der Waals surface area contributed by atoms with Crippen LogP contribution in [0.15, 0.2) is 18.2 Å². The number of hydrogen-bond acceptors (Lipinski definition) is 3. The van der Waals surface area contributed by atoms with Crippen molar-refractivity contribution in [3.05, 3.63) is 29.3 Å². The van der Waals surface area contributed by atoms with E-state index >= 15 is 0 Å². The quantitative estimate of drug-likeness (QED) is 0.573. The fraction of sp³-hybridized carbons (Fsp3) is 0.556. The molecule has 0 radical (unpaired) electrons. The molecule has 1 aromatic carbocycles. The molecule has 0 aromatic heterocycles. The van der Waals surface area contributed by atoms with Crippen LogP contribution >= 0.6 is 0 Å². The van der Waals surface area contributed by atoms with E-state index in [1.807, 2.05) is 0 Å². The molecular weight excluding hydrogens is 296 g/mol. The third kappa shape index (κ3) is 7.68. The van der Waals surface area contributed by atoms with E-state index < -0.39 is 11.9 Å². The zero-order chi connectivity index (χ0) is 17.1. The predicted molar refractivity (Wildman–Crippen MR) is 88.0 cm³/mol. The number of ether oxygens (including phenoxy) is 1. The number of carboxylic acids is 2. The molecule has 0 saturated carbocycles. The van der Waals surface area contributed by atoms with Crippen LogP contribution in [0.2, 0.25) is 0 Å². The Morgan fingerprint density at radius 2 is 1.61 bits per heavy atom. The first kappa shape index (κ1) is 19.0. The van der Waals surface area contributed by atoms with Crippen molar-refractivity contribution in [2.24, 2.45) is 0 Å². The summed E-state index contributed by atoms with van der Waals surface area (Å²) < 4.78 is 5.71. The summed E-state index contributed by atoms with van der Waals surface area (Å²) in [5.74, 6) is -1.49. The van der Waals surface area contributed by atoms with Crippen molar-refractivity contribution < 1.29 is 24.5 Å². The minimum Gasteiger partial charge on any atom is -0.493 e. The Bertz CT molecular complexity index is 510. The van der Waals surface area contributed by atoms with Gasteiger partial charge in [0.15, 0.2) is 0 Å². The van der Waals surface area contributed by atoms with E-state index in [4.69, 9.17) is 14.9 Å². The zero-order valence-corrected chi connectivity index (χ0v) is 13.7. The van der Waals surface area contributed by atoms with Crippen molar-refractivity contribution in [1.82, 2.24) is 0 Å². The van der Waals surface area contributed by atoms with Crippen LogP contribution in [-0.2, 0) is 22.4 Å². The average Bonchev–Trinajstić information content (AvgIpc) is 2.48. The smallest absolute Gasteiger partial charge is 0.307 e. The molecule has 0 aliphatic carbocycles. The van der Waals surface area contributed by atoms with E-state index in [1.54, 1.807) is 18.2 Å². The van der Waals surface area contributed by atoms with Gasteiger partial charge in [0.05, 0.1) is 19.4 Å². The predicted octanol–water partition coefficient (Wildman–Crippen LogP) is 3.68. The summed E-state index contributed by atoms with van der Waals surface area (Å²) in [6, 6.07) is 5.06. The van der Waals surface area contributed by atoms with Gasteiger partial charge in [-0.25, -0.2) is 0 Å². The highest BCUT2D eigenvalue weighted by Gasteiger charge is 2.15. The van der Waals surface area contributed by atoms with E-state index in [-0.39, 0.29) is 12.8 Å². The molecule has 0 aliphatic heterocycles. The molecule has 0 atom stereocenters. The van der Waals surface area contributed by atoms with Gasteiger partial charge in [0.25, 0.3) is 0 Å². The summed E-state index contributed by atoms with van der Waals surface area (Å²) in [6.07, 6.45) is 6.45. The maximum Gasteiger partial charge on any atom is 0.307 e. The maximum absolute atomic E-state index is 11.0. The van der Waals surface area contributed by atoms with Crippen LogP contribution in [0.25, 0.3) is 0 Å². The number of benzene rings is 1. The van der Waals surface area contributed by atoms with E-state index in [2.05, 4.69) is 6.92 Å². The van der Waals surface area contributed by atoms with Gasteiger partial charge in [-0.2, -0.15) is 0 Å². The zero-order valence-electron chi connectivity index (χ0n) is 13.7. The molecule has 0 spiro atoms. The van der Waals surface area contributed by atoms with Crippen molar-refractivity contribution in [3.63, 3.8) is 0 Å². The SMILES string of the molecule is CCCCCCCCOc1cccc(CC(=O)O)c1CC(=O)O. The lowest BCUT2D eigenvalue weighted by Crippen LogP contribution is -2.10. The first-order chi connectivity index (χ1) is 11.0. The Morgan fingerprint density at radius 3 is 2.26 bits per heavy atom. The number of carboxylic acid groups (broad SMARTS) is 2. The van der Waals surface area contributed by atoms with E-state index in [9.17, 15) is 9.59 Å². The second-order valence-electron chi connectivity index (χ2n) is 5.65. The second-order valence-corrected chi connectivity index (χ2v) is 5.65. The van der Waals surface area contributed by atoms with Crippen LogP contribution < -0.4 is 4.74 Å². The largest absolute Gasteiger partial charge is 0.493 e. The Balaban J connectivity index is 2.62. The lowest BCUT2D eigenvalue weighted by molar-refractivity contribution is -0.137. The molecule has 0 fully saturated rings. The summed E-state index contributed by atoms with van der Waals surface area (Å²) in [5, 5.41) is 18.0. The first-order valence-corrected chi connectivity index (χ1v) is 8.21. The summed E-state index contributed by atoms with van der Waals surface area (Å²) in [7, 11) is 0. The topological polar surface area (TPSA) is 83.8 Å². The van der Waals surface area contributed by atoms with Gasteiger partial charge in [-0.05, 0) is 18.1 Å². The van der Waals surface area contributed by atoms with Crippen LogP contribution in [0, 0.1) is 0 Å². The summed E-state index contributed by atoms with van der Waals surface area (Å²) in [4.78, 5) is 21.9. The molecule has 0 bridgehead atoms. The van der Waals surface area contributed by atoms with Crippen LogP contribution in [0.5, 0.6) is 5.75 Å². The number of carbonyl (C=O) groups is 2. The molecular formula is C18H26O5. The van der Waals surface area contributed by atoms with Crippen molar-refractivity contribution in [2.75, 3.05) is 6.61 Å². The van der Waals surface area contributed by atoms with Crippen LogP contribution in [0.1, 0.15) is 56.6 Å². The monoisotopic (exact) mass is 322 g/mol. The Kier molecular flexibility index (Phi) is 8.80. The van der Waals surface area contributed by atoms with Gasteiger partial charge in [0, 0.05) is 5.56 Å². The number of unbranched alkanes of at least 4 members (excludes halogenated alkanes) is 5. The lowest BCUT2D eigenvalue weighted by atomic mass is 10.0. The van der Waals surface area contributed by atoms with E-state index in [1.165, 1.54) is 25.7 Å². The van der Waals surface area contributed by atoms with Gasteiger partial charge in [-0.3, -0.25) is 9.59 Å². The number of rotatable bonds is 12. The fourth-order valence-corrected chi connectivity index (χ4v) is 2.49. The minimum absolute atomic E-state index is 0.198. The van der Waals surface area contributed by atoms with Gasteiger partial charge < -0.3 is 14.9 Å². The standard InChI is InChI=1S/C18H26O5/c1-2-3-4-5-6-7-11-23-16-10-8-9-14(12-17(19)20)15(16)13-18(21)22/h8-10H,2-7,11-13H2,1H3,(H,19,20)(H,21,22). The second kappa shape index (κ2) is 10.6. The molecule has 0 saturated heterocycles. The summed E-state index contributed by atoms with van der Waals surface area (Å²) in [5.41, 5.74) is 0.966. The normalized spacial score (nSPS) is 10.5. The summed E-state index contributed by atoms with van der Waals surface area (Å²) >= 11 is 0. The summed E-state index contributed by atoms with van der Waals surface area (Å²) in [6.45, 7) is 2.70. The number of aliphatic carboxylic acids is 2. The van der Waals surface area contributed by atoms with Crippen LogP contribution in [0.3, 0.4) is 0 Å². The van der Waals surface area contributed by atoms with Crippen molar-refractivity contribution >= 4 is 11.9 Å². The van der Waals surface area contributed by atoms with Gasteiger partial charge in [0.2, 0.25) is 0 Å². The highest BCUT2D eigenvalue weighted by atomic mass is 16.5. The third-order valence-electron chi connectivity index (χ3n) is 3.66. The molecule has 128 valence electrons. The van der Waals surface area contributed by atoms with Crippen molar-refractivity contribution in [3.8, 4) is 5.75 Å². The highest BCUT2D eigenvalue weighted by Crippen LogP contribution is 2.24. The lowest BCUT2D eigenvalue weighted by Gasteiger charge is -2.14. The molecule has 1 rings (SSSR count). The van der Waals surface area contributed by atoms with Gasteiger partial charge >= 0.3 is 11.9 Å². The van der Waals surface area contributed by atoms with Crippen molar-refractivity contribution in [1.29, 1.82) is 0 Å². The Morgan fingerprint density at radius 1 is 0.957 bits per heavy atom. The molecule has 0 amide bonds. The molecule has 1 aromatic rings. The Labute approximate surface area is 137 Å². The third-order valence-corrected chi connectivity index (χ3v) is 3.66. The van der Waals surface area contributed by atoms with Crippen molar-refractivity contribution in [2.45, 2.75) is 58.3 Å². The van der Waals surface area contributed by atoms with Crippen LogP contribution in [0.4, 0.5) is 0 Å². The van der Waals surface area contributed by atoms with E-state index in [0.29, 0.717) is 23.5 Å². The average molecular weight is 322 g/mol. The van der Waals surface area contributed by atoms with Gasteiger partial charge in [0.1, 0.15) is 5.75 Å². The molecule has 2 N–H and O–H groups in total. The maximum atomic E-state index is 11.0. The molecule has 0 unspecified atom stereocenters. The first-order valence-electron chi connectivity index (χ1n) is 8.21. The molecule has 5 heteroatoms. The molecule has 23 heavy (non-hydrogen) atoms. The fourth-order valence-electron chi connectivity index (χ4n) is 2.49. The van der Waals surface area contributed by atoms with Gasteiger partial charge in [-0.1, -0.05) is 51.2 Å². The molecule has 0 aliphatic rings. The molecule has 5 nitrogen and oxygen atoms in total. The number of hydrogen-bond donors (Lipinski definition) is 2. The highest BCUT2D eigenvalue weighted by molar-refractivity contribution is 5.75. The van der Waals surface area contributed by atoms with E-state index in [0.717, 1.165) is 12.8 Å². The van der Waals surface area contributed by atoms with Crippen LogP contribution in [-0.4, -0.2) is 28.8 Å².